The summed E-state index contributed by atoms with van der Waals surface area (Å²) < 4.78 is 22.8. The first-order valence-electron chi connectivity index (χ1n) is 6.02. The van der Waals surface area contributed by atoms with Crippen LogP contribution in [0.3, 0.4) is 0 Å². The lowest BCUT2D eigenvalue weighted by atomic mass is 9.82. The summed E-state index contributed by atoms with van der Waals surface area (Å²) >= 11 is 0. The Labute approximate surface area is 101 Å². The number of hydrogen-bond donors (Lipinski definition) is 1. The molecule has 0 aromatic heterocycles. The standard InChI is InChI=1S/C12H27NO2S/c1-7-16(14,15)9-11(3)13-8-10(2)12(4,5)6/h10-11,13H,7-9H2,1-6H3. The molecule has 0 saturated heterocycles. The van der Waals surface area contributed by atoms with Gasteiger partial charge in [0.1, 0.15) is 0 Å². The lowest BCUT2D eigenvalue weighted by molar-refractivity contribution is 0.248. The van der Waals surface area contributed by atoms with E-state index in [0.29, 0.717) is 5.92 Å². The van der Waals surface area contributed by atoms with Crippen molar-refractivity contribution in [3.8, 4) is 0 Å². The van der Waals surface area contributed by atoms with Gasteiger partial charge < -0.3 is 5.32 Å². The third-order valence-electron chi connectivity index (χ3n) is 3.19. The zero-order valence-corrected chi connectivity index (χ0v) is 12.3. The molecular formula is C12H27NO2S. The van der Waals surface area contributed by atoms with Crippen molar-refractivity contribution in [3.05, 3.63) is 0 Å². The van der Waals surface area contributed by atoms with Gasteiger partial charge in [-0.2, -0.15) is 0 Å². The van der Waals surface area contributed by atoms with Gasteiger partial charge in [0.05, 0.1) is 5.75 Å². The van der Waals surface area contributed by atoms with Gasteiger partial charge in [0, 0.05) is 11.8 Å². The van der Waals surface area contributed by atoms with Gasteiger partial charge in [0.2, 0.25) is 0 Å². The van der Waals surface area contributed by atoms with Crippen LogP contribution in [-0.2, 0) is 9.84 Å². The third kappa shape index (κ3) is 6.48. The Bertz CT molecular complexity index is 291. The quantitative estimate of drug-likeness (QED) is 0.784. The van der Waals surface area contributed by atoms with Crippen LogP contribution in [0.4, 0.5) is 0 Å². The van der Waals surface area contributed by atoms with Gasteiger partial charge in [-0.15, -0.1) is 0 Å². The van der Waals surface area contributed by atoms with Crippen LogP contribution in [-0.4, -0.2) is 32.5 Å². The highest BCUT2D eigenvalue weighted by molar-refractivity contribution is 7.91. The molecule has 2 unspecified atom stereocenters. The van der Waals surface area contributed by atoms with Gasteiger partial charge in [-0.1, -0.05) is 34.6 Å². The lowest BCUT2D eigenvalue weighted by Crippen LogP contribution is -2.38. The summed E-state index contributed by atoms with van der Waals surface area (Å²) in [7, 11) is -2.86. The van der Waals surface area contributed by atoms with Crippen molar-refractivity contribution < 1.29 is 8.42 Å². The minimum Gasteiger partial charge on any atom is -0.313 e. The van der Waals surface area contributed by atoms with Crippen molar-refractivity contribution in [3.63, 3.8) is 0 Å². The Hall–Kier alpha value is -0.0900. The first-order chi connectivity index (χ1) is 7.08. The molecular weight excluding hydrogens is 222 g/mol. The molecule has 0 heterocycles. The Morgan fingerprint density at radius 2 is 1.69 bits per heavy atom. The van der Waals surface area contributed by atoms with Crippen LogP contribution in [0.1, 0.15) is 41.5 Å². The molecule has 0 rings (SSSR count). The molecule has 4 heteroatoms. The molecule has 0 saturated carbocycles. The SMILES string of the molecule is CCS(=O)(=O)CC(C)NCC(C)C(C)(C)C. The molecule has 2 atom stereocenters. The first-order valence-corrected chi connectivity index (χ1v) is 7.84. The van der Waals surface area contributed by atoms with Crippen molar-refractivity contribution in [1.82, 2.24) is 5.32 Å². The van der Waals surface area contributed by atoms with E-state index < -0.39 is 9.84 Å². The van der Waals surface area contributed by atoms with E-state index in [1.807, 2.05) is 6.92 Å². The van der Waals surface area contributed by atoms with Crippen LogP contribution in [0.2, 0.25) is 0 Å². The largest absolute Gasteiger partial charge is 0.313 e. The fraction of sp³-hybridized carbons (Fsp3) is 1.00. The van der Waals surface area contributed by atoms with Gasteiger partial charge >= 0.3 is 0 Å². The second-order valence-electron chi connectivity index (χ2n) is 5.78. The summed E-state index contributed by atoms with van der Waals surface area (Å²) in [5.74, 6) is 0.994. The summed E-state index contributed by atoms with van der Waals surface area (Å²) in [6.45, 7) is 13.3. The maximum atomic E-state index is 11.4. The molecule has 16 heavy (non-hydrogen) atoms. The van der Waals surface area contributed by atoms with Gasteiger partial charge in [0.25, 0.3) is 0 Å². The summed E-state index contributed by atoms with van der Waals surface area (Å²) in [5.41, 5.74) is 0.260. The van der Waals surface area contributed by atoms with Crippen LogP contribution < -0.4 is 5.32 Å². The number of sulfone groups is 1. The van der Waals surface area contributed by atoms with Gasteiger partial charge in [0.15, 0.2) is 9.84 Å². The van der Waals surface area contributed by atoms with E-state index in [0.717, 1.165) is 6.54 Å². The highest BCUT2D eigenvalue weighted by atomic mass is 32.2. The van der Waals surface area contributed by atoms with E-state index in [1.54, 1.807) is 6.92 Å². The summed E-state index contributed by atoms with van der Waals surface area (Å²) in [6, 6.07) is 0.0368. The average Bonchev–Trinajstić information content (AvgIpc) is 2.12. The molecule has 0 spiro atoms. The van der Waals surface area contributed by atoms with Crippen molar-refractivity contribution >= 4 is 9.84 Å². The molecule has 0 aromatic rings. The second-order valence-corrected chi connectivity index (χ2v) is 8.17. The molecule has 0 radical (unpaired) electrons. The smallest absolute Gasteiger partial charge is 0.151 e. The summed E-state index contributed by atoms with van der Waals surface area (Å²) in [4.78, 5) is 0. The third-order valence-corrected chi connectivity index (χ3v) is 5.08. The number of rotatable bonds is 6. The van der Waals surface area contributed by atoms with E-state index in [-0.39, 0.29) is 23.0 Å². The van der Waals surface area contributed by atoms with E-state index in [1.165, 1.54) is 0 Å². The van der Waals surface area contributed by atoms with E-state index in [4.69, 9.17) is 0 Å². The molecule has 0 aliphatic rings. The average molecular weight is 249 g/mol. The number of nitrogens with one attached hydrogen (secondary N) is 1. The zero-order chi connectivity index (χ0) is 13.0. The number of hydrogen-bond acceptors (Lipinski definition) is 3. The van der Waals surface area contributed by atoms with Crippen LogP contribution in [0.15, 0.2) is 0 Å². The highest BCUT2D eigenvalue weighted by Crippen LogP contribution is 2.24. The minimum atomic E-state index is -2.86. The topological polar surface area (TPSA) is 46.2 Å². The molecule has 3 nitrogen and oxygen atoms in total. The van der Waals surface area contributed by atoms with Crippen LogP contribution in [0.5, 0.6) is 0 Å². The van der Waals surface area contributed by atoms with E-state index in [2.05, 4.69) is 33.0 Å². The molecule has 0 aliphatic carbocycles. The molecule has 0 amide bonds. The van der Waals surface area contributed by atoms with Gasteiger partial charge in [-0.3, -0.25) is 0 Å². The predicted octanol–water partition coefficient (Wildman–Crippen LogP) is 2.08. The molecule has 98 valence electrons. The maximum absolute atomic E-state index is 11.4. The molecule has 1 N–H and O–H groups in total. The van der Waals surface area contributed by atoms with E-state index >= 15 is 0 Å². The Morgan fingerprint density at radius 3 is 2.06 bits per heavy atom. The first kappa shape index (κ1) is 15.9. The molecule has 0 aromatic carbocycles. The normalized spacial score (nSPS) is 17.1. The molecule has 0 bridgehead atoms. The zero-order valence-electron chi connectivity index (χ0n) is 11.5. The van der Waals surface area contributed by atoms with Crippen LogP contribution in [0.25, 0.3) is 0 Å². The highest BCUT2D eigenvalue weighted by Gasteiger charge is 2.21. The Morgan fingerprint density at radius 1 is 1.19 bits per heavy atom. The Balaban J connectivity index is 4.05. The fourth-order valence-electron chi connectivity index (χ4n) is 1.24. The van der Waals surface area contributed by atoms with E-state index in [9.17, 15) is 8.42 Å². The van der Waals surface area contributed by atoms with Crippen molar-refractivity contribution in [2.45, 2.75) is 47.6 Å². The maximum Gasteiger partial charge on any atom is 0.151 e. The lowest BCUT2D eigenvalue weighted by Gasteiger charge is -2.28. The predicted molar refractivity (Wildman–Crippen MR) is 70.4 cm³/mol. The summed E-state index contributed by atoms with van der Waals surface area (Å²) in [5, 5.41) is 3.30. The van der Waals surface area contributed by atoms with Crippen LogP contribution >= 0.6 is 0 Å². The summed E-state index contributed by atoms with van der Waals surface area (Å²) in [6.07, 6.45) is 0. The minimum absolute atomic E-state index is 0.0368. The molecule has 0 aliphatic heterocycles. The monoisotopic (exact) mass is 249 g/mol. The molecule has 0 fully saturated rings. The second kappa shape index (κ2) is 6.01. The Kier molecular flexibility index (Phi) is 5.98. The van der Waals surface area contributed by atoms with Crippen molar-refractivity contribution in [1.29, 1.82) is 0 Å². The fourth-order valence-corrected chi connectivity index (χ4v) is 2.36. The van der Waals surface area contributed by atoms with Crippen molar-refractivity contribution in [2.24, 2.45) is 11.3 Å². The van der Waals surface area contributed by atoms with Crippen LogP contribution in [0, 0.1) is 11.3 Å². The van der Waals surface area contributed by atoms with Gasteiger partial charge in [-0.25, -0.2) is 8.42 Å². The van der Waals surface area contributed by atoms with Gasteiger partial charge in [-0.05, 0) is 24.8 Å². The van der Waals surface area contributed by atoms with Crippen molar-refractivity contribution in [2.75, 3.05) is 18.1 Å².